The molecule has 2 aromatic heterocycles. The Bertz CT molecular complexity index is 761. The number of fused-ring (bicyclic) bond motifs is 1. The van der Waals surface area contributed by atoms with Crippen LogP contribution < -0.4 is 5.32 Å². The van der Waals surface area contributed by atoms with Crippen LogP contribution in [0.2, 0.25) is 0 Å². The molecule has 21 heavy (non-hydrogen) atoms. The molecule has 5 heteroatoms. The van der Waals surface area contributed by atoms with Gasteiger partial charge in [0, 0.05) is 18.0 Å². The Morgan fingerprint density at radius 3 is 2.95 bits per heavy atom. The number of thiophene rings is 1. The second kappa shape index (κ2) is 5.71. The van der Waals surface area contributed by atoms with Crippen molar-refractivity contribution < 1.29 is 14.3 Å². The van der Waals surface area contributed by atoms with Crippen LogP contribution in [-0.2, 0) is 6.54 Å². The van der Waals surface area contributed by atoms with Gasteiger partial charge >= 0.3 is 5.97 Å². The summed E-state index contributed by atoms with van der Waals surface area (Å²) < 4.78 is 5.25. The summed E-state index contributed by atoms with van der Waals surface area (Å²) in [6.45, 7) is 2.85. The van der Waals surface area contributed by atoms with Gasteiger partial charge in [-0.2, -0.15) is 11.3 Å². The summed E-state index contributed by atoms with van der Waals surface area (Å²) in [5.74, 6) is -1.07. The van der Waals surface area contributed by atoms with Gasteiger partial charge < -0.3 is 14.8 Å². The summed E-state index contributed by atoms with van der Waals surface area (Å²) in [6.07, 6.45) is 0. The Morgan fingerprint density at radius 1 is 1.38 bits per heavy atom. The number of furan rings is 1. The van der Waals surface area contributed by atoms with E-state index in [0.29, 0.717) is 5.58 Å². The summed E-state index contributed by atoms with van der Waals surface area (Å²) in [7, 11) is 0. The molecule has 1 unspecified atom stereocenters. The van der Waals surface area contributed by atoms with E-state index in [0.717, 1.165) is 17.5 Å². The van der Waals surface area contributed by atoms with Crippen LogP contribution >= 0.6 is 11.3 Å². The molecule has 3 rings (SSSR count). The van der Waals surface area contributed by atoms with Crippen molar-refractivity contribution in [3.05, 3.63) is 58.0 Å². The molecule has 2 N–H and O–H groups in total. The van der Waals surface area contributed by atoms with E-state index in [9.17, 15) is 4.79 Å². The lowest BCUT2D eigenvalue weighted by Gasteiger charge is -2.12. The maximum atomic E-state index is 10.9. The fourth-order valence-corrected chi connectivity index (χ4v) is 2.97. The predicted molar refractivity (Wildman–Crippen MR) is 82.7 cm³/mol. The van der Waals surface area contributed by atoms with Crippen LogP contribution in [0.15, 0.2) is 45.5 Å². The summed E-state index contributed by atoms with van der Waals surface area (Å²) >= 11 is 1.69. The monoisotopic (exact) mass is 301 g/mol. The molecule has 0 aliphatic rings. The average molecular weight is 301 g/mol. The molecular formula is C16H15NO3S. The molecule has 1 aromatic carbocycles. The van der Waals surface area contributed by atoms with Crippen molar-refractivity contribution in [3.8, 4) is 0 Å². The van der Waals surface area contributed by atoms with Gasteiger partial charge in [0.15, 0.2) is 0 Å². The number of rotatable bonds is 5. The van der Waals surface area contributed by atoms with Gasteiger partial charge in [0.2, 0.25) is 5.76 Å². The first-order valence-corrected chi connectivity index (χ1v) is 7.59. The molecule has 0 amide bonds. The van der Waals surface area contributed by atoms with Crippen LogP contribution in [-0.4, -0.2) is 11.1 Å². The predicted octanol–water partition coefficient (Wildman–Crippen LogP) is 4.04. The molecule has 0 radical (unpaired) electrons. The molecule has 0 fully saturated rings. The Morgan fingerprint density at radius 2 is 2.24 bits per heavy atom. The van der Waals surface area contributed by atoms with Gasteiger partial charge in [-0.15, -0.1) is 0 Å². The number of carboxylic acids is 1. The molecule has 0 saturated carbocycles. The Hall–Kier alpha value is -2.11. The molecule has 1 atom stereocenters. The Labute approximate surface area is 126 Å². The highest BCUT2D eigenvalue weighted by Crippen LogP contribution is 2.22. The summed E-state index contributed by atoms with van der Waals surface area (Å²) in [4.78, 5) is 10.9. The highest BCUT2D eigenvalue weighted by atomic mass is 32.1. The average Bonchev–Trinajstić information content (AvgIpc) is 3.13. The molecule has 2 heterocycles. The van der Waals surface area contributed by atoms with Crippen molar-refractivity contribution in [2.75, 3.05) is 0 Å². The van der Waals surface area contributed by atoms with E-state index in [-0.39, 0.29) is 11.8 Å². The van der Waals surface area contributed by atoms with E-state index < -0.39 is 5.97 Å². The van der Waals surface area contributed by atoms with Gasteiger partial charge in [0.1, 0.15) is 5.58 Å². The molecule has 4 nitrogen and oxygen atoms in total. The minimum Gasteiger partial charge on any atom is -0.475 e. The summed E-state index contributed by atoms with van der Waals surface area (Å²) in [5, 5.41) is 17.4. The van der Waals surface area contributed by atoms with Gasteiger partial charge in [-0.3, -0.25) is 0 Å². The SMILES string of the molecule is CC(NCc1ccc2oc(C(=O)O)cc2c1)c1ccsc1. The number of nitrogens with one attached hydrogen (secondary N) is 1. The first-order valence-electron chi connectivity index (χ1n) is 6.65. The van der Waals surface area contributed by atoms with Crippen LogP contribution in [0.4, 0.5) is 0 Å². The fraction of sp³-hybridized carbons (Fsp3) is 0.188. The number of benzene rings is 1. The molecule has 108 valence electrons. The number of hydrogen-bond acceptors (Lipinski definition) is 4. The first-order chi connectivity index (χ1) is 10.1. The van der Waals surface area contributed by atoms with Gasteiger partial charge in [0.05, 0.1) is 0 Å². The molecule has 3 aromatic rings. The third-order valence-corrected chi connectivity index (χ3v) is 4.15. The number of carboxylic acid groups (broad SMARTS) is 1. The molecule has 0 spiro atoms. The Balaban J connectivity index is 1.73. The van der Waals surface area contributed by atoms with E-state index >= 15 is 0 Å². The summed E-state index contributed by atoms with van der Waals surface area (Å²) in [5.41, 5.74) is 2.97. The number of aromatic carboxylic acids is 1. The zero-order valence-corrected chi connectivity index (χ0v) is 12.3. The van der Waals surface area contributed by atoms with E-state index in [4.69, 9.17) is 9.52 Å². The van der Waals surface area contributed by atoms with Crippen LogP contribution in [0, 0.1) is 0 Å². The van der Waals surface area contributed by atoms with Crippen LogP contribution in [0.3, 0.4) is 0 Å². The van der Waals surface area contributed by atoms with Crippen molar-refractivity contribution in [2.24, 2.45) is 0 Å². The lowest BCUT2D eigenvalue weighted by Crippen LogP contribution is -2.17. The minimum atomic E-state index is -1.04. The minimum absolute atomic E-state index is 0.0262. The molecule has 0 bridgehead atoms. The molecule has 0 aliphatic carbocycles. The zero-order valence-electron chi connectivity index (χ0n) is 11.5. The highest BCUT2D eigenvalue weighted by Gasteiger charge is 2.11. The van der Waals surface area contributed by atoms with E-state index in [1.807, 2.05) is 18.2 Å². The van der Waals surface area contributed by atoms with E-state index in [2.05, 4.69) is 29.1 Å². The third-order valence-electron chi connectivity index (χ3n) is 3.45. The lowest BCUT2D eigenvalue weighted by molar-refractivity contribution is 0.0665. The van der Waals surface area contributed by atoms with Crippen molar-refractivity contribution in [1.29, 1.82) is 0 Å². The standard InChI is InChI=1S/C16H15NO3S/c1-10(12-4-5-21-9-12)17-8-11-2-3-14-13(6-11)7-15(20-14)16(18)19/h2-7,9-10,17H,8H2,1H3,(H,18,19). The van der Waals surface area contributed by atoms with Gasteiger partial charge in [-0.1, -0.05) is 6.07 Å². The molecule has 0 saturated heterocycles. The fourth-order valence-electron chi connectivity index (χ4n) is 2.22. The van der Waals surface area contributed by atoms with Crippen LogP contribution in [0.5, 0.6) is 0 Å². The van der Waals surface area contributed by atoms with E-state index in [1.54, 1.807) is 17.4 Å². The maximum absolute atomic E-state index is 10.9. The molecule has 0 aliphatic heterocycles. The van der Waals surface area contributed by atoms with Gasteiger partial charge in [-0.25, -0.2) is 4.79 Å². The number of carbonyl (C=O) groups is 1. The van der Waals surface area contributed by atoms with Gasteiger partial charge in [-0.05, 0) is 53.1 Å². The van der Waals surface area contributed by atoms with Gasteiger partial charge in [0.25, 0.3) is 0 Å². The lowest BCUT2D eigenvalue weighted by atomic mass is 10.1. The molecular weight excluding hydrogens is 286 g/mol. The quantitative estimate of drug-likeness (QED) is 0.746. The third kappa shape index (κ3) is 2.99. The maximum Gasteiger partial charge on any atom is 0.371 e. The van der Waals surface area contributed by atoms with Crippen molar-refractivity contribution >= 4 is 28.3 Å². The topological polar surface area (TPSA) is 62.5 Å². The van der Waals surface area contributed by atoms with Crippen LogP contribution in [0.1, 0.15) is 34.6 Å². The first kappa shape index (κ1) is 13.9. The smallest absolute Gasteiger partial charge is 0.371 e. The Kier molecular flexibility index (Phi) is 3.77. The highest BCUT2D eigenvalue weighted by molar-refractivity contribution is 7.07. The van der Waals surface area contributed by atoms with Crippen LogP contribution in [0.25, 0.3) is 11.0 Å². The van der Waals surface area contributed by atoms with Crippen molar-refractivity contribution in [2.45, 2.75) is 19.5 Å². The van der Waals surface area contributed by atoms with Crippen molar-refractivity contribution in [3.63, 3.8) is 0 Å². The summed E-state index contributed by atoms with van der Waals surface area (Å²) in [6, 6.07) is 9.67. The second-order valence-electron chi connectivity index (χ2n) is 4.95. The number of hydrogen-bond donors (Lipinski definition) is 2. The zero-order chi connectivity index (χ0) is 14.8. The van der Waals surface area contributed by atoms with Crippen molar-refractivity contribution in [1.82, 2.24) is 5.32 Å². The second-order valence-corrected chi connectivity index (χ2v) is 5.73. The van der Waals surface area contributed by atoms with E-state index in [1.165, 1.54) is 5.56 Å². The normalized spacial score (nSPS) is 12.6. The largest absolute Gasteiger partial charge is 0.475 e.